The lowest BCUT2D eigenvalue weighted by atomic mass is 10.2. The molecule has 0 aliphatic heterocycles. The van der Waals surface area contributed by atoms with Crippen molar-refractivity contribution < 1.29 is 9.18 Å². The molecule has 1 aromatic carbocycles. The van der Waals surface area contributed by atoms with Crippen molar-refractivity contribution in [3.8, 4) is 0 Å². The van der Waals surface area contributed by atoms with Gasteiger partial charge in [-0.15, -0.1) is 10.2 Å². The van der Waals surface area contributed by atoms with Crippen LogP contribution in [-0.2, 0) is 0 Å². The van der Waals surface area contributed by atoms with Gasteiger partial charge in [0.1, 0.15) is 5.82 Å². The Kier molecular flexibility index (Phi) is 2.70. The van der Waals surface area contributed by atoms with Gasteiger partial charge in [-0.25, -0.2) is 4.39 Å². The molecule has 82 valence electrons. The summed E-state index contributed by atoms with van der Waals surface area (Å²) in [5, 5.41) is 10.3. The zero-order valence-corrected chi connectivity index (χ0v) is 9.05. The molecule has 1 heterocycles. The Hall–Kier alpha value is -1.75. The summed E-state index contributed by atoms with van der Waals surface area (Å²) in [5.74, 6) is -0.895. The van der Waals surface area contributed by atoms with E-state index < -0.39 is 11.7 Å². The van der Waals surface area contributed by atoms with Gasteiger partial charge in [-0.2, -0.15) is 0 Å². The molecule has 0 radical (unpaired) electrons. The standard InChI is InChI=1S/C10H7ClFN3O/c1-13-10(16)9-8(11)6-4-5(12)2-3-7(6)14-15-9/h2-4H,1H3,(H,13,16). The van der Waals surface area contributed by atoms with Gasteiger partial charge in [0.15, 0.2) is 5.69 Å². The van der Waals surface area contributed by atoms with Crippen molar-refractivity contribution >= 4 is 28.4 Å². The molecule has 0 atom stereocenters. The molecule has 4 nitrogen and oxygen atoms in total. The predicted octanol–water partition coefficient (Wildman–Crippen LogP) is 1.78. The molecular weight excluding hydrogens is 233 g/mol. The van der Waals surface area contributed by atoms with Crippen LogP contribution >= 0.6 is 11.6 Å². The topological polar surface area (TPSA) is 54.9 Å². The average molecular weight is 240 g/mol. The van der Waals surface area contributed by atoms with Gasteiger partial charge in [-0.3, -0.25) is 4.79 Å². The summed E-state index contributed by atoms with van der Waals surface area (Å²) >= 11 is 5.96. The van der Waals surface area contributed by atoms with E-state index in [-0.39, 0.29) is 10.7 Å². The number of hydrogen-bond acceptors (Lipinski definition) is 3. The second-order valence-electron chi connectivity index (χ2n) is 3.10. The van der Waals surface area contributed by atoms with Crippen molar-refractivity contribution in [2.24, 2.45) is 0 Å². The largest absolute Gasteiger partial charge is 0.354 e. The molecule has 6 heteroatoms. The number of aromatic nitrogens is 2. The quantitative estimate of drug-likeness (QED) is 0.825. The van der Waals surface area contributed by atoms with Crippen LogP contribution < -0.4 is 5.32 Å². The van der Waals surface area contributed by atoms with Crippen LogP contribution in [0.1, 0.15) is 10.5 Å². The van der Waals surface area contributed by atoms with E-state index in [0.29, 0.717) is 10.9 Å². The van der Waals surface area contributed by atoms with Gasteiger partial charge >= 0.3 is 0 Å². The normalized spacial score (nSPS) is 10.4. The summed E-state index contributed by atoms with van der Waals surface area (Å²) in [6.07, 6.45) is 0. The van der Waals surface area contributed by atoms with Crippen LogP contribution in [0.3, 0.4) is 0 Å². The highest BCUT2D eigenvalue weighted by atomic mass is 35.5. The van der Waals surface area contributed by atoms with Crippen molar-refractivity contribution in [2.75, 3.05) is 7.05 Å². The lowest BCUT2D eigenvalue weighted by Crippen LogP contribution is -2.20. The maximum Gasteiger partial charge on any atom is 0.273 e. The number of carbonyl (C=O) groups is 1. The minimum absolute atomic E-state index is 0.0118. The Morgan fingerprint density at radius 3 is 2.88 bits per heavy atom. The van der Waals surface area contributed by atoms with E-state index >= 15 is 0 Å². The third-order valence-corrected chi connectivity index (χ3v) is 2.49. The molecule has 0 saturated carbocycles. The molecule has 0 spiro atoms. The number of fused-ring (bicyclic) bond motifs is 1. The van der Waals surface area contributed by atoms with E-state index in [4.69, 9.17) is 11.6 Å². The number of nitrogens with one attached hydrogen (secondary N) is 1. The minimum atomic E-state index is -0.455. The Labute approximate surface area is 95.4 Å². The Bertz CT molecular complexity index is 573. The van der Waals surface area contributed by atoms with Gasteiger partial charge in [-0.05, 0) is 18.2 Å². The van der Waals surface area contributed by atoms with Crippen LogP contribution in [-0.4, -0.2) is 23.2 Å². The first kappa shape index (κ1) is 10.8. The van der Waals surface area contributed by atoms with E-state index in [9.17, 15) is 9.18 Å². The van der Waals surface area contributed by atoms with E-state index in [2.05, 4.69) is 15.5 Å². The lowest BCUT2D eigenvalue weighted by molar-refractivity contribution is 0.0957. The van der Waals surface area contributed by atoms with Crippen LogP contribution in [0.25, 0.3) is 10.9 Å². The van der Waals surface area contributed by atoms with Crippen LogP contribution in [0.4, 0.5) is 4.39 Å². The summed E-state index contributed by atoms with van der Waals surface area (Å²) in [5.41, 5.74) is 0.432. The molecule has 0 fully saturated rings. The van der Waals surface area contributed by atoms with Crippen molar-refractivity contribution in [2.45, 2.75) is 0 Å². The van der Waals surface area contributed by atoms with Gasteiger partial charge in [-0.1, -0.05) is 11.6 Å². The number of benzene rings is 1. The molecule has 0 aliphatic carbocycles. The van der Waals surface area contributed by atoms with Crippen molar-refractivity contribution in [1.29, 1.82) is 0 Å². The van der Waals surface area contributed by atoms with Crippen molar-refractivity contribution in [3.63, 3.8) is 0 Å². The fraction of sp³-hybridized carbons (Fsp3) is 0.100. The van der Waals surface area contributed by atoms with Crippen LogP contribution in [0.5, 0.6) is 0 Å². The smallest absolute Gasteiger partial charge is 0.273 e. The molecule has 2 aromatic rings. The highest BCUT2D eigenvalue weighted by molar-refractivity contribution is 6.38. The Balaban J connectivity index is 2.72. The van der Waals surface area contributed by atoms with Gasteiger partial charge in [0.25, 0.3) is 5.91 Å². The maximum atomic E-state index is 13.0. The molecule has 0 unspecified atom stereocenters. The minimum Gasteiger partial charge on any atom is -0.354 e. The Morgan fingerprint density at radius 2 is 2.19 bits per heavy atom. The third kappa shape index (κ3) is 1.69. The lowest BCUT2D eigenvalue weighted by Gasteiger charge is -2.04. The van der Waals surface area contributed by atoms with E-state index in [0.717, 1.165) is 0 Å². The predicted molar refractivity (Wildman–Crippen MR) is 57.9 cm³/mol. The third-order valence-electron chi connectivity index (χ3n) is 2.10. The van der Waals surface area contributed by atoms with Gasteiger partial charge < -0.3 is 5.32 Å². The number of hydrogen-bond donors (Lipinski definition) is 1. The van der Waals surface area contributed by atoms with Gasteiger partial charge in [0.05, 0.1) is 10.5 Å². The monoisotopic (exact) mass is 239 g/mol. The molecule has 1 N–H and O–H groups in total. The van der Waals surface area contributed by atoms with Crippen LogP contribution in [0.2, 0.25) is 5.02 Å². The van der Waals surface area contributed by atoms with E-state index in [1.54, 1.807) is 0 Å². The SMILES string of the molecule is CNC(=O)c1nnc2ccc(F)cc2c1Cl. The van der Waals surface area contributed by atoms with Gasteiger partial charge in [0.2, 0.25) is 0 Å². The summed E-state index contributed by atoms with van der Waals surface area (Å²) in [7, 11) is 1.45. The summed E-state index contributed by atoms with van der Waals surface area (Å²) in [6.45, 7) is 0. The van der Waals surface area contributed by atoms with Crippen LogP contribution in [0.15, 0.2) is 18.2 Å². The van der Waals surface area contributed by atoms with Crippen molar-refractivity contribution in [3.05, 3.63) is 34.7 Å². The zero-order chi connectivity index (χ0) is 11.7. The number of carbonyl (C=O) groups excluding carboxylic acids is 1. The first-order chi connectivity index (χ1) is 7.63. The van der Waals surface area contributed by atoms with E-state index in [1.807, 2.05) is 0 Å². The highest BCUT2D eigenvalue weighted by Gasteiger charge is 2.14. The number of nitrogens with zero attached hydrogens (tertiary/aromatic N) is 2. The Morgan fingerprint density at radius 1 is 1.44 bits per heavy atom. The molecule has 1 aromatic heterocycles. The highest BCUT2D eigenvalue weighted by Crippen LogP contribution is 2.24. The number of amides is 1. The first-order valence-electron chi connectivity index (χ1n) is 4.47. The molecular formula is C10H7ClFN3O. The number of rotatable bonds is 1. The summed E-state index contributed by atoms with van der Waals surface area (Å²) in [6, 6.07) is 3.93. The number of halogens is 2. The summed E-state index contributed by atoms with van der Waals surface area (Å²) < 4.78 is 13.0. The maximum absolute atomic E-state index is 13.0. The molecule has 0 aliphatic rings. The van der Waals surface area contributed by atoms with Crippen molar-refractivity contribution in [1.82, 2.24) is 15.5 Å². The molecule has 16 heavy (non-hydrogen) atoms. The van der Waals surface area contributed by atoms with Crippen LogP contribution in [0, 0.1) is 5.82 Å². The molecule has 0 bridgehead atoms. The summed E-state index contributed by atoms with van der Waals surface area (Å²) in [4.78, 5) is 11.4. The second kappa shape index (κ2) is 4.02. The molecule has 1 amide bonds. The average Bonchev–Trinajstić information content (AvgIpc) is 2.29. The fourth-order valence-electron chi connectivity index (χ4n) is 1.31. The molecule has 2 rings (SSSR count). The fourth-order valence-corrected chi connectivity index (χ4v) is 1.59. The van der Waals surface area contributed by atoms with Gasteiger partial charge in [0, 0.05) is 12.4 Å². The zero-order valence-electron chi connectivity index (χ0n) is 8.29. The van der Waals surface area contributed by atoms with E-state index in [1.165, 1.54) is 25.2 Å². The second-order valence-corrected chi connectivity index (χ2v) is 3.48. The first-order valence-corrected chi connectivity index (χ1v) is 4.85. The molecule has 0 saturated heterocycles.